The molecule has 1 aromatic rings. The van der Waals surface area contributed by atoms with Gasteiger partial charge in [-0.3, -0.25) is 18.9 Å². The van der Waals surface area contributed by atoms with Crippen molar-refractivity contribution >= 4 is 23.5 Å². The van der Waals surface area contributed by atoms with Crippen molar-refractivity contribution in [2.75, 3.05) is 6.61 Å². The minimum Gasteiger partial charge on any atom is -0.349 e. The summed E-state index contributed by atoms with van der Waals surface area (Å²) in [4.78, 5) is 60.5. The van der Waals surface area contributed by atoms with Crippen LogP contribution in [0.15, 0.2) is 21.9 Å². The summed E-state index contributed by atoms with van der Waals surface area (Å²) in [5.74, 6) is -0.163. The smallest absolute Gasteiger partial charge is 0.349 e. The molecule has 0 spiro atoms. The second kappa shape index (κ2) is 7.08. The van der Waals surface area contributed by atoms with Crippen LogP contribution in [-0.4, -0.2) is 41.3 Å². The maximum atomic E-state index is 11.8. The summed E-state index contributed by atoms with van der Waals surface area (Å²) >= 11 is 0. The van der Waals surface area contributed by atoms with E-state index in [1.165, 1.54) is 6.20 Å². The Hall–Kier alpha value is -0.950. The van der Waals surface area contributed by atoms with Crippen LogP contribution in [-0.2, 0) is 31.6 Å². The van der Waals surface area contributed by atoms with Gasteiger partial charge in [-0.1, -0.05) is 0 Å². The fourth-order valence-corrected chi connectivity index (χ4v) is 5.97. The first-order chi connectivity index (χ1) is 12.7. The number of nitrogens with zero attached hydrogens (tertiary/aromatic N) is 1. The van der Waals surface area contributed by atoms with Crippen LogP contribution in [0.3, 0.4) is 0 Å². The Bertz CT molecular complexity index is 1030. The SMILES string of the molecule is O=c1ccn([C@H]2CC3C[C@]3(COP(=O)(O)OP(=O)(O)OP(=O)(O)O)O2)c(=O)[nH]1. The predicted molar refractivity (Wildman–Crippen MR) is 86.7 cm³/mol. The van der Waals surface area contributed by atoms with Gasteiger partial charge in [0.05, 0.1) is 12.2 Å². The van der Waals surface area contributed by atoms with E-state index in [1.807, 2.05) is 0 Å². The molecule has 0 aromatic carbocycles. The van der Waals surface area contributed by atoms with Gasteiger partial charge in [-0.2, -0.15) is 8.62 Å². The predicted octanol–water partition coefficient (Wildman–Crippen LogP) is -0.443. The highest BCUT2D eigenvalue weighted by molar-refractivity contribution is 7.66. The first kappa shape index (κ1) is 21.8. The van der Waals surface area contributed by atoms with E-state index in [1.54, 1.807) is 0 Å². The van der Waals surface area contributed by atoms with E-state index in [4.69, 9.17) is 19.4 Å². The van der Waals surface area contributed by atoms with Gasteiger partial charge in [0.1, 0.15) is 6.23 Å². The standard InChI is InChI=1S/C10H15N2O13P3/c13-7-1-2-12(9(14)11-7)8-3-6-4-10(6,23-8)5-22-27(18,19)25-28(20,21)24-26(15,16)17/h1-2,6,8H,3-5H2,(H,18,19)(H,20,21)(H,11,13,14)(H2,15,16,17)/t6?,8-,10-/m1/s1. The molecule has 2 aliphatic rings. The molecule has 0 amide bonds. The zero-order valence-corrected chi connectivity index (χ0v) is 16.4. The quantitative estimate of drug-likeness (QED) is 0.308. The lowest BCUT2D eigenvalue weighted by atomic mass is 10.2. The lowest BCUT2D eigenvalue weighted by Crippen LogP contribution is -2.33. The average Bonchev–Trinajstić information content (AvgIpc) is 3.03. The van der Waals surface area contributed by atoms with Crippen molar-refractivity contribution in [3.8, 4) is 0 Å². The van der Waals surface area contributed by atoms with Gasteiger partial charge in [-0.25, -0.2) is 18.5 Å². The number of ether oxygens (including phenoxy) is 1. The van der Waals surface area contributed by atoms with Crippen molar-refractivity contribution in [1.29, 1.82) is 0 Å². The Morgan fingerprint density at radius 2 is 1.86 bits per heavy atom. The molecule has 28 heavy (non-hydrogen) atoms. The molecule has 1 aromatic heterocycles. The molecule has 0 radical (unpaired) electrons. The molecule has 15 nitrogen and oxygen atoms in total. The van der Waals surface area contributed by atoms with Crippen molar-refractivity contribution in [3.63, 3.8) is 0 Å². The van der Waals surface area contributed by atoms with Gasteiger partial charge < -0.3 is 24.3 Å². The Morgan fingerprint density at radius 3 is 2.46 bits per heavy atom. The largest absolute Gasteiger partial charge is 0.490 e. The Morgan fingerprint density at radius 1 is 1.18 bits per heavy atom. The number of nitrogens with one attached hydrogen (secondary N) is 1. The van der Waals surface area contributed by atoms with Crippen molar-refractivity contribution < 1.29 is 51.2 Å². The lowest BCUT2D eigenvalue weighted by Gasteiger charge is -2.21. The molecule has 18 heteroatoms. The maximum absolute atomic E-state index is 11.8. The van der Waals surface area contributed by atoms with Gasteiger partial charge in [-0.15, -0.1) is 0 Å². The highest BCUT2D eigenvalue weighted by atomic mass is 31.3. The zero-order valence-electron chi connectivity index (χ0n) is 13.7. The summed E-state index contributed by atoms with van der Waals surface area (Å²) in [5, 5.41) is 0. The number of phosphoric acid groups is 3. The van der Waals surface area contributed by atoms with Gasteiger partial charge in [0.2, 0.25) is 0 Å². The van der Waals surface area contributed by atoms with E-state index < -0.39 is 53.2 Å². The van der Waals surface area contributed by atoms with Crippen LogP contribution in [0.5, 0.6) is 0 Å². The van der Waals surface area contributed by atoms with E-state index in [0.717, 1.165) is 10.6 Å². The second-order valence-corrected chi connectivity index (χ2v) is 10.6. The third-order valence-electron chi connectivity index (χ3n) is 4.08. The maximum Gasteiger partial charge on any atom is 0.490 e. The van der Waals surface area contributed by atoms with Gasteiger partial charge in [0, 0.05) is 12.3 Å². The second-order valence-electron chi connectivity index (χ2n) is 6.16. The molecule has 158 valence electrons. The van der Waals surface area contributed by atoms with E-state index in [2.05, 4.69) is 18.1 Å². The van der Waals surface area contributed by atoms with Gasteiger partial charge in [-0.05, 0) is 18.8 Å². The number of fused-ring (bicyclic) bond motifs is 1. The molecule has 1 saturated carbocycles. The molecule has 1 saturated heterocycles. The van der Waals surface area contributed by atoms with Crippen LogP contribution >= 0.6 is 23.5 Å². The van der Waals surface area contributed by atoms with Crippen molar-refractivity contribution in [3.05, 3.63) is 33.1 Å². The number of hydrogen-bond acceptors (Lipinski definition) is 9. The van der Waals surface area contributed by atoms with E-state index in [-0.39, 0.29) is 5.92 Å². The topological polar surface area (TPSA) is 224 Å². The molecule has 0 bridgehead atoms. The highest BCUT2D eigenvalue weighted by Crippen LogP contribution is 2.67. The van der Waals surface area contributed by atoms with Gasteiger partial charge in [0.15, 0.2) is 0 Å². The number of H-pyrrole nitrogens is 1. The summed E-state index contributed by atoms with van der Waals surface area (Å²) in [6, 6.07) is 1.12. The normalized spacial score (nSPS) is 31.0. The summed E-state index contributed by atoms with van der Waals surface area (Å²) in [6.45, 7) is -0.573. The van der Waals surface area contributed by atoms with Crippen LogP contribution in [0.1, 0.15) is 19.1 Å². The van der Waals surface area contributed by atoms with Crippen LogP contribution in [0.4, 0.5) is 0 Å². The fourth-order valence-electron chi connectivity index (χ4n) is 2.89. The summed E-state index contributed by atoms with van der Waals surface area (Å²) in [7, 11) is -16.3. The van der Waals surface area contributed by atoms with Crippen molar-refractivity contribution in [1.82, 2.24) is 9.55 Å². The number of phosphoric ester groups is 1. The summed E-state index contributed by atoms with van der Waals surface area (Å²) < 4.78 is 52.3. The molecule has 2 fully saturated rings. The number of aromatic amines is 1. The summed E-state index contributed by atoms with van der Waals surface area (Å²) in [5.41, 5.74) is -2.36. The number of hydrogen-bond donors (Lipinski definition) is 5. The van der Waals surface area contributed by atoms with Gasteiger partial charge in [0.25, 0.3) is 5.56 Å². The Kier molecular flexibility index (Phi) is 5.50. The first-order valence-corrected chi connectivity index (χ1v) is 12.0. The molecule has 5 N–H and O–H groups in total. The minimum absolute atomic E-state index is 0.163. The zero-order chi connectivity index (χ0) is 21.0. The third kappa shape index (κ3) is 5.15. The van der Waals surface area contributed by atoms with Crippen LogP contribution in [0, 0.1) is 5.92 Å². The fraction of sp³-hybridized carbons (Fsp3) is 0.600. The monoisotopic (exact) mass is 464 g/mol. The van der Waals surface area contributed by atoms with Crippen LogP contribution < -0.4 is 11.2 Å². The molecule has 5 atom stereocenters. The van der Waals surface area contributed by atoms with Crippen LogP contribution in [0.2, 0.25) is 0 Å². The number of rotatable bonds is 8. The molecule has 1 aliphatic heterocycles. The highest BCUT2D eigenvalue weighted by Gasteiger charge is 2.63. The lowest BCUT2D eigenvalue weighted by molar-refractivity contribution is -0.0608. The Labute approximate surface area is 155 Å². The third-order valence-corrected chi connectivity index (χ3v) is 7.86. The van der Waals surface area contributed by atoms with E-state index in [0.29, 0.717) is 12.8 Å². The van der Waals surface area contributed by atoms with E-state index >= 15 is 0 Å². The van der Waals surface area contributed by atoms with Crippen LogP contribution in [0.25, 0.3) is 0 Å². The molecular weight excluding hydrogens is 449 g/mol. The number of aromatic nitrogens is 2. The molecule has 3 unspecified atom stereocenters. The molecular formula is C10H15N2O13P3. The van der Waals surface area contributed by atoms with Gasteiger partial charge >= 0.3 is 29.2 Å². The summed E-state index contributed by atoms with van der Waals surface area (Å²) in [6.07, 6.45) is 1.20. The molecule has 2 heterocycles. The molecule has 1 aliphatic carbocycles. The van der Waals surface area contributed by atoms with Crippen molar-refractivity contribution in [2.24, 2.45) is 5.92 Å². The minimum atomic E-state index is -5.60. The first-order valence-electron chi connectivity index (χ1n) is 7.48. The Balaban J connectivity index is 1.61. The molecule has 3 rings (SSSR count). The van der Waals surface area contributed by atoms with E-state index in [9.17, 15) is 28.2 Å². The average molecular weight is 464 g/mol. The van der Waals surface area contributed by atoms with Crippen molar-refractivity contribution in [2.45, 2.75) is 24.7 Å².